The van der Waals surface area contributed by atoms with E-state index >= 15 is 0 Å². The Morgan fingerprint density at radius 2 is 1.02 bits per heavy atom. The molecule has 4 amide bonds. The molecule has 0 spiro atoms. The number of aryl methyl sites for hydroxylation is 1. The van der Waals surface area contributed by atoms with E-state index in [-0.39, 0.29) is 79.7 Å². The highest BCUT2D eigenvalue weighted by atomic mass is 16.7. The van der Waals surface area contributed by atoms with Crippen LogP contribution in [0.25, 0.3) is 0 Å². The summed E-state index contributed by atoms with van der Waals surface area (Å²) in [6.07, 6.45) is -0.00182. The second-order valence-electron chi connectivity index (χ2n) is 26.4. The highest BCUT2D eigenvalue weighted by Gasteiger charge is 2.61. The summed E-state index contributed by atoms with van der Waals surface area (Å²) in [6, 6.07) is 14.5. The van der Waals surface area contributed by atoms with Crippen LogP contribution in [-0.4, -0.2) is 184 Å². The van der Waals surface area contributed by atoms with Crippen molar-refractivity contribution in [3.63, 3.8) is 0 Å². The highest BCUT2D eigenvalue weighted by molar-refractivity contribution is 6.22. The molecular formula is C72H68N8O17. The molecule has 4 bridgehead atoms. The van der Waals surface area contributed by atoms with Gasteiger partial charge in [0.15, 0.2) is 40.3 Å². The van der Waals surface area contributed by atoms with E-state index in [0.717, 1.165) is 11.1 Å². The number of hydrogen-bond donors (Lipinski definition) is 2. The second kappa shape index (κ2) is 23.0. The molecule has 0 saturated carbocycles. The third-order valence-electron chi connectivity index (χ3n) is 21.8. The highest BCUT2D eigenvalue weighted by Crippen LogP contribution is 2.61. The first-order chi connectivity index (χ1) is 46.6. The number of likely N-dealkylation sites (N-methyl/N-ethyl adjacent to an activating group) is 2. The maximum atomic E-state index is 13.8. The molecule has 97 heavy (non-hydrogen) atoms. The Hall–Kier alpha value is -10.2. The summed E-state index contributed by atoms with van der Waals surface area (Å²) in [7, 11) is 6.77. The predicted molar refractivity (Wildman–Crippen MR) is 339 cm³/mol. The van der Waals surface area contributed by atoms with Crippen LogP contribution in [0.15, 0.2) is 77.1 Å². The van der Waals surface area contributed by atoms with Gasteiger partial charge in [-0.15, -0.1) is 0 Å². The van der Waals surface area contributed by atoms with Crippen molar-refractivity contribution in [2.45, 2.75) is 134 Å². The number of benzene rings is 5. The van der Waals surface area contributed by atoms with Gasteiger partial charge in [0.2, 0.25) is 13.6 Å². The van der Waals surface area contributed by atoms with Crippen LogP contribution in [0.4, 0.5) is 0 Å². The van der Waals surface area contributed by atoms with Crippen LogP contribution >= 0.6 is 0 Å². The van der Waals surface area contributed by atoms with E-state index in [0.29, 0.717) is 114 Å². The van der Waals surface area contributed by atoms with Crippen LogP contribution in [0.2, 0.25) is 0 Å². The van der Waals surface area contributed by atoms with Gasteiger partial charge in [-0.2, -0.15) is 10.5 Å². The minimum absolute atomic E-state index is 0.0444. The number of piperazine rings is 2. The number of esters is 2. The number of Topliss-reactive ketones (excluding diaryl/α,β-unsaturated/α-hetero) is 1. The van der Waals surface area contributed by atoms with Crippen molar-refractivity contribution >= 4 is 41.4 Å². The second-order valence-corrected chi connectivity index (χ2v) is 26.4. The average molecular weight is 1320 g/mol. The maximum absolute atomic E-state index is 13.8. The molecule has 11 aliphatic rings. The number of carbonyl (C=O) groups is 7. The molecule has 2 N–H and O–H groups in total. The molecule has 0 aromatic heterocycles. The number of ether oxygens (including phenoxy) is 8. The molecule has 25 nitrogen and oxygen atoms in total. The number of rotatable bonds is 8. The number of hydrogen-bond acceptors (Lipinski definition) is 23. The fraction of sp³-hybridized carbons (Fsp3) is 0.403. The van der Waals surface area contributed by atoms with Gasteiger partial charge in [0.1, 0.15) is 35.4 Å². The van der Waals surface area contributed by atoms with Crippen molar-refractivity contribution < 1.29 is 81.7 Å². The minimum atomic E-state index is -1.21. The van der Waals surface area contributed by atoms with Gasteiger partial charge < -0.3 is 48.1 Å². The molecule has 0 radical (unpaired) electrons. The van der Waals surface area contributed by atoms with Gasteiger partial charge in [-0.3, -0.25) is 63.0 Å². The monoisotopic (exact) mass is 1320 g/mol. The van der Waals surface area contributed by atoms with E-state index in [1.165, 1.54) is 37.9 Å². The summed E-state index contributed by atoms with van der Waals surface area (Å²) < 4.78 is 47.0. The first-order valence-electron chi connectivity index (χ1n) is 32.1. The smallest absolute Gasteiger partial charge is 0.308 e. The lowest BCUT2D eigenvalue weighted by Gasteiger charge is -2.61. The van der Waals surface area contributed by atoms with Gasteiger partial charge in [0.05, 0.1) is 72.8 Å². The maximum Gasteiger partial charge on any atom is 0.308 e. The van der Waals surface area contributed by atoms with E-state index in [1.54, 1.807) is 69.3 Å². The SMILES string of the molecule is COC1=C(C)C(=O)C2=C([C@H]1O)[C@@H]1[C@@H]3Cc4c(OC(C)=O)c(C)c5c(c4[C@H](CN4C(=O)c6ccccc6C4=O)N3[C@@H](C#N)[C@H](C2)N1C)OCO5.COc1c(C)cc2c(c1O)[C@@H]1[C@@H]3Cc4c(OC(C)=O)c(C)c5c(c4[C@H](CN4C(=O)c6ccccc6C4=O)N3[C@@H](C#N)[C@H](C2)N1C)OCO5. The van der Waals surface area contributed by atoms with Crippen LogP contribution in [0, 0.1) is 43.4 Å². The Kier molecular flexibility index (Phi) is 14.9. The van der Waals surface area contributed by atoms with E-state index < -0.39 is 96.0 Å². The molecule has 10 aliphatic heterocycles. The van der Waals surface area contributed by atoms with Crippen LogP contribution in [0.1, 0.15) is 137 Å². The van der Waals surface area contributed by atoms with Crippen LogP contribution in [0.3, 0.4) is 0 Å². The first-order valence-corrected chi connectivity index (χ1v) is 32.1. The first kappa shape index (κ1) is 62.9. The number of aliphatic hydroxyl groups is 1. The topological polar surface area (TPSA) is 301 Å². The zero-order valence-electron chi connectivity index (χ0n) is 54.8. The average Bonchev–Trinajstić information content (AvgIpc) is 1.41. The Bertz CT molecular complexity index is 4510. The van der Waals surface area contributed by atoms with Crippen molar-refractivity contribution in [3.8, 4) is 58.1 Å². The quantitative estimate of drug-likeness (QED) is 0.101. The van der Waals surface area contributed by atoms with Crippen molar-refractivity contribution in [1.82, 2.24) is 29.4 Å². The van der Waals surface area contributed by atoms with Gasteiger partial charge in [-0.25, -0.2) is 0 Å². The molecule has 10 heterocycles. The number of allylic oxidation sites excluding steroid dienone is 1. The lowest BCUT2D eigenvalue weighted by atomic mass is 9.68. The molecule has 498 valence electrons. The molecule has 2 saturated heterocycles. The van der Waals surface area contributed by atoms with Gasteiger partial charge in [-0.1, -0.05) is 30.3 Å². The standard InChI is InChI=1S/C36H34N4O9.C36H34N4O8/c1-15-29(42)20-10-22-24(12-37)40-23(28(38(22)4)27(20)30(43)32(15)46-5)11-21-26(34-33(47-14-48-34)16(2)31(21)49-17(3)41)25(40)13-39-35(44)18-8-6-7-9-19(18)36(39)45;1-16-10-19-11-23-25(13-37)40-24(29(38(23)4)27(19)30(42)31(16)45-5)12-22-28(34-33(46-15-47-34)17(2)32(22)48-18(3)41)26(40)14-39-35(43)20-8-6-7-9-21(20)36(39)44/h6-9,22-25,28,30,43H,10-11,13-14H2,1-5H3;6-10,23-26,29,42H,11-12,14-15H2,1-5H3/t22-,23-,24-,25-,28-,30+;23-,24-,25-,26-,29-/m00/s1. The number of ketones is 1. The number of aromatic hydroxyl groups is 1. The molecule has 11 atom stereocenters. The predicted octanol–water partition coefficient (Wildman–Crippen LogP) is 6.09. The van der Waals surface area contributed by atoms with Crippen molar-refractivity contribution in [3.05, 3.63) is 149 Å². The van der Waals surface area contributed by atoms with Gasteiger partial charge >= 0.3 is 11.9 Å². The van der Waals surface area contributed by atoms with E-state index in [9.17, 15) is 54.3 Å². The Morgan fingerprint density at radius 3 is 1.45 bits per heavy atom. The van der Waals surface area contributed by atoms with Gasteiger partial charge in [0, 0.05) is 101 Å². The van der Waals surface area contributed by atoms with Crippen molar-refractivity contribution in [2.24, 2.45) is 0 Å². The van der Waals surface area contributed by atoms with Crippen LogP contribution in [0.5, 0.6) is 46.0 Å². The fourth-order valence-electron chi connectivity index (χ4n) is 17.9. The number of aliphatic hydroxyl groups excluding tert-OH is 1. The number of methoxy groups -OCH3 is 2. The number of fused-ring (bicyclic) bond motifs is 19. The molecule has 2 fully saturated rings. The van der Waals surface area contributed by atoms with Crippen LogP contribution < -0.4 is 33.2 Å². The number of amides is 4. The fourth-order valence-corrected chi connectivity index (χ4v) is 17.9. The zero-order valence-corrected chi connectivity index (χ0v) is 54.8. The van der Waals surface area contributed by atoms with E-state index in [2.05, 4.69) is 21.9 Å². The number of phenols is 1. The molecule has 1 aliphatic carbocycles. The normalized spacial score (nSPS) is 26.9. The van der Waals surface area contributed by atoms with Crippen molar-refractivity contribution in [2.75, 3.05) is 55.0 Å². The Morgan fingerprint density at radius 1 is 0.588 bits per heavy atom. The molecule has 16 rings (SSSR count). The lowest BCUT2D eigenvalue weighted by molar-refractivity contribution is -0.133. The molecule has 25 heteroatoms. The number of phenolic OH excluding ortho intramolecular Hbond substituents is 1. The number of nitrogens with zero attached hydrogens (tertiary/aromatic N) is 8. The lowest BCUT2D eigenvalue weighted by Crippen LogP contribution is -2.73. The summed E-state index contributed by atoms with van der Waals surface area (Å²) in [5.74, 6) is -0.235. The third-order valence-corrected chi connectivity index (χ3v) is 21.8. The van der Waals surface area contributed by atoms with E-state index in [1.807, 2.05) is 36.9 Å². The van der Waals surface area contributed by atoms with Crippen LogP contribution in [-0.2, 0) is 38.4 Å². The Labute approximate surface area is 557 Å². The number of carbonyl (C=O) groups excluding carboxylic acids is 7. The summed E-state index contributed by atoms with van der Waals surface area (Å²) in [6.45, 7) is 9.31. The number of imide groups is 2. The summed E-state index contributed by atoms with van der Waals surface area (Å²) >= 11 is 0. The molecule has 5 aromatic rings. The van der Waals surface area contributed by atoms with Gasteiger partial charge in [0.25, 0.3) is 23.6 Å². The van der Waals surface area contributed by atoms with E-state index in [4.69, 9.17) is 37.9 Å². The molecular weight excluding hydrogens is 1250 g/mol. The zero-order chi connectivity index (χ0) is 68.4. The summed E-state index contributed by atoms with van der Waals surface area (Å²) in [4.78, 5) is 105. The molecule has 0 unspecified atom stereocenters. The van der Waals surface area contributed by atoms with Gasteiger partial charge in [-0.05, 0) is 108 Å². The largest absolute Gasteiger partial charge is 0.504 e. The number of nitriles is 2. The minimum Gasteiger partial charge on any atom is -0.504 e. The van der Waals surface area contributed by atoms with Crippen molar-refractivity contribution in [1.29, 1.82) is 10.5 Å². The Balaban J connectivity index is 0.000000159. The third kappa shape index (κ3) is 8.94. The molecule has 5 aromatic carbocycles. The summed E-state index contributed by atoms with van der Waals surface area (Å²) in [5.41, 5.74) is 8.50. The summed E-state index contributed by atoms with van der Waals surface area (Å²) in [5, 5.41) is 45.4.